The van der Waals surface area contributed by atoms with E-state index in [4.69, 9.17) is 9.84 Å². The second-order valence-electron chi connectivity index (χ2n) is 3.82. The molecule has 104 valence electrons. The van der Waals surface area contributed by atoms with Crippen LogP contribution in [0, 0.1) is 0 Å². The van der Waals surface area contributed by atoms with Crippen LogP contribution >= 0.6 is 11.8 Å². The van der Waals surface area contributed by atoms with Gasteiger partial charge in [0.2, 0.25) is 5.91 Å². The third-order valence-corrected chi connectivity index (χ3v) is 3.48. The van der Waals surface area contributed by atoms with Crippen LogP contribution in [0.5, 0.6) is 5.75 Å². The fraction of sp³-hybridized carbons (Fsp3) is 0.385. The average Bonchev–Trinajstić information content (AvgIpc) is 2.39. The molecule has 0 aliphatic heterocycles. The van der Waals surface area contributed by atoms with E-state index in [1.807, 2.05) is 6.92 Å². The first-order valence-corrected chi connectivity index (χ1v) is 7.02. The van der Waals surface area contributed by atoms with Gasteiger partial charge in [0, 0.05) is 0 Å². The highest BCUT2D eigenvalue weighted by Crippen LogP contribution is 2.22. The minimum absolute atomic E-state index is 0.0215. The largest absolute Gasteiger partial charge is 0.497 e. The molecule has 0 aromatic heterocycles. The standard InChI is InChI=1S/C13H17NO4S/c1-3-6-19-8-12(15)14-11-5-4-9(18-2)7-10(11)13(16)17/h4-5,7H,3,6,8H2,1-2H3,(H,14,15)(H,16,17). The monoisotopic (exact) mass is 283 g/mol. The summed E-state index contributed by atoms with van der Waals surface area (Å²) >= 11 is 1.52. The topological polar surface area (TPSA) is 75.6 Å². The van der Waals surface area contributed by atoms with Gasteiger partial charge >= 0.3 is 5.97 Å². The van der Waals surface area contributed by atoms with Crippen LogP contribution in [0.25, 0.3) is 0 Å². The average molecular weight is 283 g/mol. The van der Waals surface area contributed by atoms with Crippen molar-refractivity contribution in [2.45, 2.75) is 13.3 Å². The Morgan fingerprint density at radius 1 is 1.42 bits per heavy atom. The van der Waals surface area contributed by atoms with Crippen molar-refractivity contribution in [2.75, 3.05) is 23.9 Å². The van der Waals surface area contributed by atoms with Gasteiger partial charge in [0.05, 0.1) is 24.1 Å². The lowest BCUT2D eigenvalue weighted by atomic mass is 10.1. The number of carbonyl (C=O) groups is 2. The van der Waals surface area contributed by atoms with Gasteiger partial charge in [-0.2, -0.15) is 11.8 Å². The van der Waals surface area contributed by atoms with Gasteiger partial charge in [-0.25, -0.2) is 4.79 Å². The molecule has 0 unspecified atom stereocenters. The zero-order valence-electron chi connectivity index (χ0n) is 10.9. The summed E-state index contributed by atoms with van der Waals surface area (Å²) in [6.07, 6.45) is 1.00. The molecule has 0 radical (unpaired) electrons. The first-order valence-electron chi connectivity index (χ1n) is 5.87. The maximum atomic E-state index is 11.7. The first kappa shape index (κ1) is 15.4. The summed E-state index contributed by atoms with van der Waals surface area (Å²) in [4.78, 5) is 22.8. The predicted octanol–water partition coefficient (Wildman–Crippen LogP) is 2.48. The lowest BCUT2D eigenvalue weighted by Gasteiger charge is -2.09. The van der Waals surface area contributed by atoms with Gasteiger partial charge in [0.25, 0.3) is 0 Å². The first-order chi connectivity index (χ1) is 9.08. The Kier molecular flexibility index (Phi) is 6.21. The Hall–Kier alpha value is -1.69. The highest BCUT2D eigenvalue weighted by Gasteiger charge is 2.13. The minimum Gasteiger partial charge on any atom is -0.497 e. The highest BCUT2D eigenvalue weighted by atomic mass is 32.2. The highest BCUT2D eigenvalue weighted by molar-refractivity contribution is 7.99. The van der Waals surface area contributed by atoms with Crippen molar-refractivity contribution in [3.8, 4) is 5.75 Å². The molecule has 1 rings (SSSR count). The summed E-state index contributed by atoms with van der Waals surface area (Å²) in [5, 5.41) is 11.7. The maximum Gasteiger partial charge on any atom is 0.337 e. The van der Waals surface area contributed by atoms with Gasteiger partial charge in [-0.1, -0.05) is 6.92 Å². The SMILES string of the molecule is CCCSCC(=O)Nc1ccc(OC)cc1C(=O)O. The van der Waals surface area contributed by atoms with E-state index in [1.165, 1.54) is 31.0 Å². The Balaban J connectivity index is 2.77. The number of carboxylic acid groups (broad SMARTS) is 1. The second-order valence-corrected chi connectivity index (χ2v) is 4.92. The van der Waals surface area contributed by atoms with Gasteiger partial charge in [-0.15, -0.1) is 0 Å². The van der Waals surface area contributed by atoms with E-state index in [-0.39, 0.29) is 17.2 Å². The van der Waals surface area contributed by atoms with Crippen molar-refractivity contribution in [3.63, 3.8) is 0 Å². The van der Waals surface area contributed by atoms with Crippen LogP contribution in [0.2, 0.25) is 0 Å². The summed E-state index contributed by atoms with van der Waals surface area (Å²) in [5.41, 5.74) is 0.309. The molecule has 0 fully saturated rings. The van der Waals surface area contributed by atoms with Crippen LogP contribution in [0.15, 0.2) is 18.2 Å². The van der Waals surface area contributed by atoms with E-state index in [0.29, 0.717) is 11.5 Å². The van der Waals surface area contributed by atoms with Crippen LogP contribution in [0.1, 0.15) is 23.7 Å². The molecule has 0 aliphatic carbocycles. The quantitative estimate of drug-likeness (QED) is 0.752. The molecule has 0 saturated carbocycles. The smallest absolute Gasteiger partial charge is 0.337 e. The number of rotatable bonds is 7. The van der Waals surface area contributed by atoms with E-state index >= 15 is 0 Å². The van der Waals surface area contributed by atoms with E-state index in [9.17, 15) is 9.59 Å². The summed E-state index contributed by atoms with van der Waals surface area (Å²) in [5.74, 6) is 0.359. The molecule has 0 spiro atoms. The lowest BCUT2D eigenvalue weighted by Crippen LogP contribution is -2.16. The Bertz CT molecular complexity index is 462. The summed E-state index contributed by atoms with van der Waals surface area (Å²) < 4.78 is 4.96. The third kappa shape index (κ3) is 4.82. The Labute approximate surface area is 116 Å². The molecule has 5 nitrogen and oxygen atoms in total. The molecule has 1 amide bonds. The van der Waals surface area contributed by atoms with E-state index < -0.39 is 5.97 Å². The number of amides is 1. The summed E-state index contributed by atoms with van der Waals surface area (Å²) in [7, 11) is 1.46. The van der Waals surface area contributed by atoms with Crippen LogP contribution in [0.3, 0.4) is 0 Å². The maximum absolute atomic E-state index is 11.7. The van der Waals surface area contributed by atoms with Crippen molar-refractivity contribution in [1.29, 1.82) is 0 Å². The van der Waals surface area contributed by atoms with Crippen molar-refractivity contribution < 1.29 is 19.4 Å². The minimum atomic E-state index is -1.10. The van der Waals surface area contributed by atoms with Crippen LogP contribution in [-0.2, 0) is 4.79 Å². The molecule has 0 heterocycles. The van der Waals surface area contributed by atoms with Crippen molar-refractivity contribution in [3.05, 3.63) is 23.8 Å². The van der Waals surface area contributed by atoms with Gasteiger partial charge in [-0.05, 0) is 30.4 Å². The fourth-order valence-electron chi connectivity index (χ4n) is 1.43. The van der Waals surface area contributed by atoms with Crippen molar-refractivity contribution in [2.24, 2.45) is 0 Å². The molecule has 0 aliphatic rings. The van der Waals surface area contributed by atoms with Crippen LogP contribution in [-0.4, -0.2) is 35.6 Å². The number of methoxy groups -OCH3 is 1. The van der Waals surface area contributed by atoms with Gasteiger partial charge < -0.3 is 15.2 Å². The van der Waals surface area contributed by atoms with Crippen molar-refractivity contribution in [1.82, 2.24) is 0 Å². The number of hydrogen-bond donors (Lipinski definition) is 2. The number of carboxylic acids is 1. The van der Waals surface area contributed by atoms with E-state index in [0.717, 1.165) is 12.2 Å². The molecule has 0 atom stereocenters. The van der Waals surface area contributed by atoms with Crippen LogP contribution < -0.4 is 10.1 Å². The molecule has 6 heteroatoms. The molecule has 19 heavy (non-hydrogen) atoms. The predicted molar refractivity (Wildman–Crippen MR) is 76.2 cm³/mol. The van der Waals surface area contributed by atoms with Gasteiger partial charge in [-0.3, -0.25) is 4.79 Å². The van der Waals surface area contributed by atoms with E-state index in [1.54, 1.807) is 6.07 Å². The molecular formula is C13H17NO4S. The fourth-order valence-corrected chi connectivity index (χ4v) is 2.12. The number of carbonyl (C=O) groups excluding carboxylic acids is 1. The molecule has 2 N–H and O–H groups in total. The number of aromatic carboxylic acids is 1. The zero-order chi connectivity index (χ0) is 14.3. The number of ether oxygens (including phenoxy) is 1. The summed E-state index contributed by atoms with van der Waals surface area (Å²) in [6.45, 7) is 2.04. The normalized spacial score (nSPS) is 10.0. The second kappa shape index (κ2) is 7.68. The Morgan fingerprint density at radius 3 is 2.74 bits per heavy atom. The number of anilines is 1. The number of thioether (sulfide) groups is 1. The third-order valence-electron chi connectivity index (χ3n) is 2.31. The Morgan fingerprint density at radius 2 is 2.16 bits per heavy atom. The molecule has 1 aromatic carbocycles. The van der Waals surface area contributed by atoms with E-state index in [2.05, 4.69) is 5.32 Å². The number of benzene rings is 1. The molecule has 1 aromatic rings. The molecular weight excluding hydrogens is 266 g/mol. The zero-order valence-corrected chi connectivity index (χ0v) is 11.8. The number of nitrogens with one attached hydrogen (secondary N) is 1. The molecule has 0 bridgehead atoms. The summed E-state index contributed by atoms with van der Waals surface area (Å²) in [6, 6.07) is 4.53. The van der Waals surface area contributed by atoms with Gasteiger partial charge in [0.1, 0.15) is 5.75 Å². The van der Waals surface area contributed by atoms with Crippen LogP contribution in [0.4, 0.5) is 5.69 Å². The number of hydrogen-bond acceptors (Lipinski definition) is 4. The van der Waals surface area contributed by atoms with Crippen molar-refractivity contribution >= 4 is 29.3 Å². The van der Waals surface area contributed by atoms with Gasteiger partial charge in [0.15, 0.2) is 0 Å². The molecule has 0 saturated heterocycles. The lowest BCUT2D eigenvalue weighted by molar-refractivity contribution is -0.113.